The third-order valence-electron chi connectivity index (χ3n) is 3.17. The van der Waals surface area contributed by atoms with E-state index in [9.17, 15) is 5.11 Å². The Balaban J connectivity index is 2.65. The molecule has 2 unspecified atom stereocenters. The van der Waals surface area contributed by atoms with Crippen LogP contribution in [0.2, 0.25) is 0 Å². The second-order valence-electron chi connectivity index (χ2n) is 4.59. The molecule has 1 aliphatic heterocycles. The number of nitrogens with zero attached hydrogens (tertiary/aromatic N) is 1. The predicted octanol–water partition coefficient (Wildman–Crippen LogP) is 0.440. The average Bonchev–Trinajstić information content (AvgIpc) is 2.02. The first kappa shape index (κ1) is 11.0. The molecular formula is C10H22N2O. The van der Waals surface area contributed by atoms with Gasteiger partial charge in [0.1, 0.15) is 0 Å². The SMILES string of the molecule is CC(C)N(C)C1CNCCC1(C)O. The van der Waals surface area contributed by atoms with Crippen molar-refractivity contribution in [2.75, 3.05) is 20.1 Å². The molecular weight excluding hydrogens is 164 g/mol. The zero-order valence-electron chi connectivity index (χ0n) is 9.17. The fourth-order valence-electron chi connectivity index (χ4n) is 1.91. The Morgan fingerprint density at radius 2 is 2.15 bits per heavy atom. The molecule has 1 saturated heterocycles. The summed E-state index contributed by atoms with van der Waals surface area (Å²) in [5.74, 6) is 0. The van der Waals surface area contributed by atoms with Gasteiger partial charge in [0.05, 0.1) is 11.6 Å². The lowest BCUT2D eigenvalue weighted by Gasteiger charge is -2.44. The molecule has 0 radical (unpaired) electrons. The second kappa shape index (κ2) is 3.95. The summed E-state index contributed by atoms with van der Waals surface area (Å²) in [6, 6.07) is 0.720. The summed E-state index contributed by atoms with van der Waals surface area (Å²) in [7, 11) is 2.08. The number of likely N-dealkylation sites (N-methyl/N-ethyl adjacent to an activating group) is 1. The van der Waals surface area contributed by atoms with E-state index in [4.69, 9.17) is 0 Å². The van der Waals surface area contributed by atoms with E-state index >= 15 is 0 Å². The van der Waals surface area contributed by atoms with Gasteiger partial charge in [0, 0.05) is 12.6 Å². The number of aliphatic hydroxyl groups is 1. The molecule has 0 amide bonds. The molecule has 0 aromatic heterocycles. The highest BCUT2D eigenvalue weighted by Crippen LogP contribution is 2.22. The van der Waals surface area contributed by atoms with Crippen molar-refractivity contribution in [1.29, 1.82) is 0 Å². The van der Waals surface area contributed by atoms with Crippen molar-refractivity contribution < 1.29 is 5.11 Å². The summed E-state index contributed by atoms with van der Waals surface area (Å²) >= 11 is 0. The van der Waals surface area contributed by atoms with E-state index in [0.29, 0.717) is 6.04 Å². The topological polar surface area (TPSA) is 35.5 Å². The monoisotopic (exact) mass is 186 g/mol. The Bertz CT molecular complexity index is 168. The minimum absolute atomic E-state index is 0.237. The van der Waals surface area contributed by atoms with Gasteiger partial charge in [-0.05, 0) is 40.8 Å². The van der Waals surface area contributed by atoms with Crippen molar-refractivity contribution in [1.82, 2.24) is 10.2 Å². The summed E-state index contributed by atoms with van der Waals surface area (Å²) in [4.78, 5) is 2.24. The predicted molar refractivity (Wildman–Crippen MR) is 54.8 cm³/mol. The molecule has 13 heavy (non-hydrogen) atoms. The van der Waals surface area contributed by atoms with Crippen LogP contribution >= 0.6 is 0 Å². The van der Waals surface area contributed by atoms with Crippen LogP contribution < -0.4 is 5.32 Å². The first-order valence-corrected chi connectivity index (χ1v) is 5.10. The van der Waals surface area contributed by atoms with Gasteiger partial charge in [-0.1, -0.05) is 0 Å². The summed E-state index contributed by atoms with van der Waals surface area (Å²) in [5.41, 5.74) is -0.537. The maximum Gasteiger partial charge on any atom is 0.0798 e. The van der Waals surface area contributed by atoms with Gasteiger partial charge >= 0.3 is 0 Å². The number of piperidine rings is 1. The van der Waals surface area contributed by atoms with Crippen molar-refractivity contribution in [3.63, 3.8) is 0 Å². The van der Waals surface area contributed by atoms with Crippen molar-refractivity contribution >= 4 is 0 Å². The molecule has 1 heterocycles. The van der Waals surface area contributed by atoms with E-state index in [-0.39, 0.29) is 6.04 Å². The Morgan fingerprint density at radius 1 is 1.54 bits per heavy atom. The maximum atomic E-state index is 10.2. The van der Waals surface area contributed by atoms with Crippen LogP contribution in [0.1, 0.15) is 27.2 Å². The summed E-state index contributed by atoms with van der Waals surface area (Å²) in [6.07, 6.45) is 0.842. The van der Waals surface area contributed by atoms with Crippen molar-refractivity contribution in [2.24, 2.45) is 0 Å². The third kappa shape index (κ3) is 2.42. The van der Waals surface area contributed by atoms with Gasteiger partial charge in [0.25, 0.3) is 0 Å². The lowest BCUT2D eigenvalue weighted by atomic mass is 9.88. The van der Waals surface area contributed by atoms with Gasteiger partial charge in [-0.3, -0.25) is 4.90 Å². The molecule has 1 rings (SSSR count). The fraction of sp³-hybridized carbons (Fsp3) is 1.00. The van der Waals surface area contributed by atoms with Gasteiger partial charge in [0.2, 0.25) is 0 Å². The molecule has 0 aliphatic carbocycles. The molecule has 1 fully saturated rings. The second-order valence-corrected chi connectivity index (χ2v) is 4.59. The van der Waals surface area contributed by atoms with Crippen LogP contribution in [0.3, 0.4) is 0 Å². The average molecular weight is 186 g/mol. The van der Waals surface area contributed by atoms with Gasteiger partial charge < -0.3 is 10.4 Å². The first-order valence-electron chi connectivity index (χ1n) is 5.10. The lowest BCUT2D eigenvalue weighted by Crippen LogP contribution is -2.60. The Hall–Kier alpha value is -0.120. The number of hydrogen-bond donors (Lipinski definition) is 2. The van der Waals surface area contributed by atoms with E-state index in [0.717, 1.165) is 19.5 Å². The highest BCUT2D eigenvalue weighted by Gasteiger charge is 2.37. The van der Waals surface area contributed by atoms with Crippen LogP contribution in [0, 0.1) is 0 Å². The standard InChI is InChI=1S/C10H22N2O/c1-8(2)12(4)9-7-11-6-5-10(9,3)13/h8-9,11,13H,5-7H2,1-4H3. The number of rotatable bonds is 2. The van der Waals surface area contributed by atoms with E-state index in [1.54, 1.807) is 0 Å². The zero-order valence-corrected chi connectivity index (χ0v) is 9.17. The molecule has 2 atom stereocenters. The Labute approximate surface area is 81.1 Å². The largest absolute Gasteiger partial charge is 0.388 e. The normalized spacial score (nSPS) is 35.8. The minimum Gasteiger partial charge on any atom is -0.388 e. The van der Waals surface area contributed by atoms with Gasteiger partial charge in [-0.25, -0.2) is 0 Å². The van der Waals surface area contributed by atoms with E-state index in [1.807, 2.05) is 6.92 Å². The van der Waals surface area contributed by atoms with Crippen molar-refractivity contribution in [3.05, 3.63) is 0 Å². The van der Waals surface area contributed by atoms with Crippen LogP contribution in [0.15, 0.2) is 0 Å². The molecule has 0 aromatic rings. The third-order valence-corrected chi connectivity index (χ3v) is 3.17. The van der Waals surface area contributed by atoms with Gasteiger partial charge in [0.15, 0.2) is 0 Å². The first-order chi connectivity index (χ1) is 5.95. The highest BCUT2D eigenvalue weighted by molar-refractivity contribution is 4.94. The molecule has 0 saturated carbocycles. The van der Waals surface area contributed by atoms with Crippen LogP contribution in [0.25, 0.3) is 0 Å². The van der Waals surface area contributed by atoms with Gasteiger partial charge in [-0.15, -0.1) is 0 Å². The van der Waals surface area contributed by atoms with Crippen molar-refractivity contribution in [3.8, 4) is 0 Å². The van der Waals surface area contributed by atoms with Crippen LogP contribution in [-0.2, 0) is 0 Å². The Morgan fingerprint density at radius 3 is 2.62 bits per heavy atom. The summed E-state index contributed by atoms with van der Waals surface area (Å²) < 4.78 is 0. The highest BCUT2D eigenvalue weighted by atomic mass is 16.3. The molecule has 0 aromatic carbocycles. The molecule has 0 spiro atoms. The van der Waals surface area contributed by atoms with Gasteiger partial charge in [-0.2, -0.15) is 0 Å². The molecule has 2 N–H and O–H groups in total. The van der Waals surface area contributed by atoms with E-state index in [2.05, 4.69) is 31.1 Å². The van der Waals surface area contributed by atoms with Crippen LogP contribution in [-0.4, -0.2) is 47.8 Å². The number of hydrogen-bond acceptors (Lipinski definition) is 3. The number of nitrogens with one attached hydrogen (secondary N) is 1. The van der Waals surface area contributed by atoms with E-state index < -0.39 is 5.60 Å². The maximum absolute atomic E-state index is 10.2. The quantitative estimate of drug-likeness (QED) is 0.657. The summed E-state index contributed by atoms with van der Waals surface area (Å²) in [5, 5.41) is 13.5. The minimum atomic E-state index is -0.537. The fourth-order valence-corrected chi connectivity index (χ4v) is 1.91. The molecule has 78 valence electrons. The Kier molecular flexibility index (Phi) is 3.33. The summed E-state index contributed by atoms with van der Waals surface area (Å²) in [6.45, 7) is 8.07. The molecule has 0 bridgehead atoms. The van der Waals surface area contributed by atoms with Crippen LogP contribution in [0.4, 0.5) is 0 Å². The molecule has 1 aliphatic rings. The van der Waals surface area contributed by atoms with Crippen LogP contribution in [0.5, 0.6) is 0 Å². The van der Waals surface area contributed by atoms with E-state index in [1.165, 1.54) is 0 Å². The zero-order chi connectivity index (χ0) is 10.1. The molecule has 3 nitrogen and oxygen atoms in total. The smallest absolute Gasteiger partial charge is 0.0798 e. The lowest BCUT2D eigenvalue weighted by molar-refractivity contribution is -0.0532. The molecule has 3 heteroatoms. The van der Waals surface area contributed by atoms with Crippen molar-refractivity contribution in [2.45, 2.75) is 44.9 Å².